The van der Waals surface area contributed by atoms with Crippen LogP contribution in [-0.4, -0.2) is 42.7 Å². The maximum atomic E-state index is 5.28. The van der Waals surface area contributed by atoms with Crippen molar-refractivity contribution in [2.75, 3.05) is 26.7 Å². The van der Waals surface area contributed by atoms with Gasteiger partial charge in [0.2, 0.25) is 0 Å². The van der Waals surface area contributed by atoms with Crippen LogP contribution in [0.1, 0.15) is 18.3 Å². The van der Waals surface area contributed by atoms with Gasteiger partial charge in [-0.05, 0) is 13.8 Å². The lowest BCUT2D eigenvalue weighted by Gasteiger charge is -2.31. The van der Waals surface area contributed by atoms with E-state index in [2.05, 4.69) is 22.1 Å². The van der Waals surface area contributed by atoms with Gasteiger partial charge in [-0.1, -0.05) is 0 Å². The molecule has 0 aromatic carbocycles. The van der Waals surface area contributed by atoms with Crippen molar-refractivity contribution in [3.05, 3.63) is 23.5 Å². The van der Waals surface area contributed by atoms with E-state index in [4.69, 9.17) is 4.74 Å². The van der Waals surface area contributed by atoms with Gasteiger partial charge >= 0.3 is 0 Å². The van der Waals surface area contributed by atoms with Gasteiger partial charge in [-0.15, -0.1) is 0 Å². The summed E-state index contributed by atoms with van der Waals surface area (Å²) in [6, 6.07) is 4.55. The molecule has 1 atom stereocenters. The number of methoxy groups -OCH3 is 1. The predicted octanol–water partition coefficient (Wildman–Crippen LogP) is 1.19. The highest BCUT2D eigenvalue weighted by Crippen LogP contribution is 2.15. The summed E-state index contributed by atoms with van der Waals surface area (Å²) >= 11 is 0. The summed E-state index contributed by atoms with van der Waals surface area (Å²) in [7, 11) is 1.70. The Labute approximate surface area is 103 Å². The number of hydrogen-bond donors (Lipinski definition) is 1. The normalized spacial score (nSPS) is 21.5. The van der Waals surface area contributed by atoms with E-state index >= 15 is 0 Å². The molecule has 0 unspecified atom stereocenters. The third-order valence-corrected chi connectivity index (χ3v) is 3.05. The van der Waals surface area contributed by atoms with Crippen molar-refractivity contribution >= 4 is 0 Å². The quantitative estimate of drug-likeness (QED) is 0.854. The molecule has 1 aliphatic heterocycles. The van der Waals surface area contributed by atoms with Gasteiger partial charge in [-0.25, -0.2) is 0 Å². The highest BCUT2D eigenvalue weighted by molar-refractivity contribution is 5.26. The number of piperazine rings is 1. The first-order chi connectivity index (χ1) is 8.17. The largest absolute Gasteiger partial charge is 0.497 e. The Morgan fingerprint density at radius 1 is 1.53 bits per heavy atom. The fourth-order valence-electron chi connectivity index (χ4n) is 2.29. The summed E-state index contributed by atoms with van der Waals surface area (Å²) in [6.07, 6.45) is 0. The van der Waals surface area contributed by atoms with E-state index < -0.39 is 0 Å². The molecule has 4 heteroatoms. The number of rotatable bonds is 3. The second-order valence-electron chi connectivity index (χ2n) is 4.73. The van der Waals surface area contributed by atoms with E-state index in [-0.39, 0.29) is 0 Å². The molecule has 1 N–H and O–H groups in total. The number of aromatic nitrogens is 1. The lowest BCUT2D eigenvalue weighted by molar-refractivity contribution is 0.197. The van der Waals surface area contributed by atoms with Crippen molar-refractivity contribution in [2.24, 2.45) is 0 Å². The molecular weight excluding hydrogens is 214 g/mol. The van der Waals surface area contributed by atoms with Crippen LogP contribution in [0.2, 0.25) is 0 Å². The highest BCUT2D eigenvalue weighted by atomic mass is 16.5. The average Bonchev–Trinajstić information content (AvgIpc) is 2.28. The Kier molecular flexibility index (Phi) is 3.97. The Morgan fingerprint density at radius 2 is 2.35 bits per heavy atom. The van der Waals surface area contributed by atoms with Crippen LogP contribution in [0, 0.1) is 6.92 Å². The molecule has 17 heavy (non-hydrogen) atoms. The van der Waals surface area contributed by atoms with Crippen LogP contribution >= 0.6 is 0 Å². The van der Waals surface area contributed by atoms with Crippen molar-refractivity contribution in [2.45, 2.75) is 26.4 Å². The highest BCUT2D eigenvalue weighted by Gasteiger charge is 2.16. The van der Waals surface area contributed by atoms with Gasteiger partial charge in [-0.3, -0.25) is 9.88 Å². The number of nitrogens with one attached hydrogen (secondary N) is 1. The number of aryl methyl sites for hydroxylation is 1. The summed E-state index contributed by atoms with van der Waals surface area (Å²) in [5, 5.41) is 3.44. The summed E-state index contributed by atoms with van der Waals surface area (Å²) in [4.78, 5) is 6.99. The molecule has 0 amide bonds. The summed E-state index contributed by atoms with van der Waals surface area (Å²) in [5.74, 6) is 0.899. The van der Waals surface area contributed by atoms with Crippen molar-refractivity contribution < 1.29 is 4.74 Å². The first-order valence-corrected chi connectivity index (χ1v) is 6.14. The van der Waals surface area contributed by atoms with Crippen molar-refractivity contribution in [1.29, 1.82) is 0 Å². The molecule has 0 saturated carbocycles. The maximum Gasteiger partial charge on any atom is 0.122 e. The zero-order valence-corrected chi connectivity index (χ0v) is 10.9. The van der Waals surface area contributed by atoms with Crippen LogP contribution in [0.15, 0.2) is 12.1 Å². The molecule has 94 valence electrons. The van der Waals surface area contributed by atoms with Gasteiger partial charge in [0.05, 0.1) is 12.8 Å². The van der Waals surface area contributed by atoms with Crippen LogP contribution in [0.5, 0.6) is 5.75 Å². The average molecular weight is 235 g/mol. The van der Waals surface area contributed by atoms with E-state index in [0.717, 1.165) is 43.3 Å². The smallest absolute Gasteiger partial charge is 0.122 e. The zero-order chi connectivity index (χ0) is 12.3. The summed E-state index contributed by atoms with van der Waals surface area (Å²) in [5.41, 5.74) is 2.11. The molecule has 0 aliphatic carbocycles. The van der Waals surface area contributed by atoms with Crippen molar-refractivity contribution in [1.82, 2.24) is 15.2 Å². The van der Waals surface area contributed by atoms with E-state index in [9.17, 15) is 0 Å². The number of hydrogen-bond acceptors (Lipinski definition) is 4. The van der Waals surface area contributed by atoms with Crippen LogP contribution < -0.4 is 10.1 Å². The van der Waals surface area contributed by atoms with Crippen LogP contribution in [0.3, 0.4) is 0 Å². The minimum atomic E-state index is 0.565. The molecule has 1 saturated heterocycles. The molecule has 0 bridgehead atoms. The lowest BCUT2D eigenvalue weighted by Crippen LogP contribution is -2.48. The first-order valence-electron chi connectivity index (χ1n) is 6.14. The molecule has 1 aromatic rings. The second kappa shape index (κ2) is 5.47. The minimum Gasteiger partial charge on any atom is -0.497 e. The molecule has 2 heterocycles. The molecular formula is C13H21N3O. The maximum absolute atomic E-state index is 5.28. The number of pyridine rings is 1. The lowest BCUT2D eigenvalue weighted by atomic mass is 10.2. The molecule has 1 fully saturated rings. The molecule has 4 nitrogen and oxygen atoms in total. The molecule has 1 aromatic heterocycles. The SMILES string of the molecule is COc1cc(C)nc(CN2CCN[C@@H](C)C2)c1. The van der Waals surface area contributed by atoms with Crippen LogP contribution in [-0.2, 0) is 6.54 Å². The van der Waals surface area contributed by atoms with Gasteiger partial charge in [0.1, 0.15) is 5.75 Å². The minimum absolute atomic E-state index is 0.565. The van der Waals surface area contributed by atoms with E-state index in [0.29, 0.717) is 6.04 Å². The summed E-state index contributed by atoms with van der Waals surface area (Å²) in [6.45, 7) is 8.36. The topological polar surface area (TPSA) is 37.4 Å². The van der Waals surface area contributed by atoms with Gasteiger partial charge in [0, 0.05) is 50.0 Å². The standard InChI is InChI=1S/C13H21N3O/c1-10-6-13(17-3)7-12(15-10)9-16-5-4-14-11(2)8-16/h6-7,11,14H,4-5,8-9H2,1-3H3/t11-/m0/s1. The van der Waals surface area contributed by atoms with E-state index in [1.54, 1.807) is 7.11 Å². The Hall–Kier alpha value is -1.13. The molecule has 0 radical (unpaired) electrons. The number of nitrogens with zero attached hydrogens (tertiary/aromatic N) is 2. The summed E-state index contributed by atoms with van der Waals surface area (Å²) < 4.78 is 5.28. The van der Waals surface area contributed by atoms with E-state index in [1.807, 2.05) is 19.1 Å². The van der Waals surface area contributed by atoms with Gasteiger partial charge in [-0.2, -0.15) is 0 Å². The monoisotopic (exact) mass is 235 g/mol. The number of ether oxygens (including phenoxy) is 1. The van der Waals surface area contributed by atoms with Gasteiger partial charge < -0.3 is 10.1 Å². The van der Waals surface area contributed by atoms with Crippen LogP contribution in [0.25, 0.3) is 0 Å². The third-order valence-electron chi connectivity index (χ3n) is 3.05. The van der Waals surface area contributed by atoms with Gasteiger partial charge in [0.25, 0.3) is 0 Å². The van der Waals surface area contributed by atoms with Gasteiger partial charge in [0.15, 0.2) is 0 Å². The Morgan fingerprint density at radius 3 is 3.06 bits per heavy atom. The van der Waals surface area contributed by atoms with Crippen molar-refractivity contribution in [3.8, 4) is 5.75 Å². The third kappa shape index (κ3) is 3.41. The predicted molar refractivity (Wildman–Crippen MR) is 68.3 cm³/mol. The fourth-order valence-corrected chi connectivity index (χ4v) is 2.29. The zero-order valence-electron chi connectivity index (χ0n) is 10.9. The Bertz CT molecular complexity index is 381. The molecule has 1 aliphatic rings. The van der Waals surface area contributed by atoms with Crippen LogP contribution in [0.4, 0.5) is 0 Å². The Balaban J connectivity index is 2.04. The van der Waals surface area contributed by atoms with E-state index in [1.165, 1.54) is 0 Å². The fraction of sp³-hybridized carbons (Fsp3) is 0.615. The second-order valence-corrected chi connectivity index (χ2v) is 4.73. The molecule has 0 spiro atoms. The first kappa shape index (κ1) is 12.3. The molecule has 2 rings (SSSR count). The van der Waals surface area contributed by atoms with Crippen molar-refractivity contribution in [3.63, 3.8) is 0 Å².